The third-order valence-electron chi connectivity index (χ3n) is 1.37. The monoisotopic (exact) mass is 243 g/mol. The number of nitriles is 1. The smallest absolute Gasteiger partial charge is 0.141 e. The standard InChI is InChI=1S/C9H7BrFNO/c10-8-3-2-7(6-9(8)11)13-5-1-4-12/h2-3,6H,1,5H2. The van der Waals surface area contributed by atoms with Crippen LogP contribution < -0.4 is 4.74 Å². The molecule has 0 saturated heterocycles. The third-order valence-corrected chi connectivity index (χ3v) is 2.02. The molecule has 0 radical (unpaired) electrons. The van der Waals surface area contributed by atoms with Gasteiger partial charge in [0.1, 0.15) is 18.2 Å². The van der Waals surface area contributed by atoms with E-state index in [1.807, 2.05) is 6.07 Å². The molecule has 2 nitrogen and oxygen atoms in total. The Kier molecular flexibility index (Phi) is 3.71. The first-order chi connectivity index (χ1) is 6.24. The highest BCUT2D eigenvalue weighted by molar-refractivity contribution is 9.10. The van der Waals surface area contributed by atoms with Crippen LogP contribution in [0.4, 0.5) is 4.39 Å². The van der Waals surface area contributed by atoms with E-state index in [1.165, 1.54) is 6.07 Å². The summed E-state index contributed by atoms with van der Waals surface area (Å²) in [7, 11) is 0. The number of hydrogen-bond acceptors (Lipinski definition) is 2. The minimum absolute atomic E-state index is 0.289. The summed E-state index contributed by atoms with van der Waals surface area (Å²) in [6.07, 6.45) is 0.303. The van der Waals surface area contributed by atoms with Crippen LogP contribution >= 0.6 is 15.9 Å². The summed E-state index contributed by atoms with van der Waals surface area (Å²) in [4.78, 5) is 0. The molecule has 0 saturated carbocycles. The van der Waals surface area contributed by atoms with Gasteiger partial charge in [-0.05, 0) is 28.1 Å². The lowest BCUT2D eigenvalue weighted by molar-refractivity contribution is 0.324. The van der Waals surface area contributed by atoms with Crippen molar-refractivity contribution in [1.29, 1.82) is 5.26 Å². The summed E-state index contributed by atoms with van der Waals surface area (Å²) in [5, 5.41) is 8.23. The summed E-state index contributed by atoms with van der Waals surface area (Å²) in [5.41, 5.74) is 0. The van der Waals surface area contributed by atoms with Crippen molar-refractivity contribution in [2.75, 3.05) is 6.61 Å². The molecule has 0 atom stereocenters. The molecular formula is C9H7BrFNO. The second-order valence-electron chi connectivity index (χ2n) is 2.33. The Labute approximate surface area is 84.1 Å². The van der Waals surface area contributed by atoms with Crippen LogP contribution in [0.15, 0.2) is 22.7 Å². The fraction of sp³-hybridized carbons (Fsp3) is 0.222. The Morgan fingerprint density at radius 1 is 1.54 bits per heavy atom. The summed E-state index contributed by atoms with van der Waals surface area (Å²) < 4.78 is 18.4. The Morgan fingerprint density at radius 2 is 2.31 bits per heavy atom. The Bertz CT molecular complexity index is 335. The van der Waals surface area contributed by atoms with Gasteiger partial charge < -0.3 is 4.74 Å². The molecule has 0 amide bonds. The number of halogens is 2. The van der Waals surface area contributed by atoms with Crippen molar-refractivity contribution in [2.45, 2.75) is 6.42 Å². The first-order valence-corrected chi connectivity index (χ1v) is 4.48. The Hall–Kier alpha value is -1.08. The van der Waals surface area contributed by atoms with E-state index in [4.69, 9.17) is 10.00 Å². The van der Waals surface area contributed by atoms with Gasteiger partial charge in [0, 0.05) is 6.07 Å². The fourth-order valence-corrected chi connectivity index (χ4v) is 1.03. The van der Waals surface area contributed by atoms with E-state index in [-0.39, 0.29) is 12.4 Å². The second-order valence-corrected chi connectivity index (χ2v) is 3.19. The predicted molar refractivity (Wildman–Crippen MR) is 49.8 cm³/mol. The maximum absolute atomic E-state index is 12.9. The highest BCUT2D eigenvalue weighted by Gasteiger charge is 2.00. The molecule has 0 aliphatic rings. The van der Waals surface area contributed by atoms with Crippen LogP contribution in [0.5, 0.6) is 5.75 Å². The quantitative estimate of drug-likeness (QED) is 0.766. The largest absolute Gasteiger partial charge is 0.492 e. The number of ether oxygens (including phenoxy) is 1. The van der Waals surface area contributed by atoms with E-state index in [1.54, 1.807) is 12.1 Å². The van der Waals surface area contributed by atoms with E-state index < -0.39 is 0 Å². The molecule has 1 aromatic carbocycles. The number of hydrogen-bond donors (Lipinski definition) is 0. The molecule has 1 rings (SSSR count). The van der Waals surface area contributed by atoms with E-state index in [9.17, 15) is 4.39 Å². The van der Waals surface area contributed by atoms with Crippen molar-refractivity contribution in [2.24, 2.45) is 0 Å². The molecule has 0 unspecified atom stereocenters. The van der Waals surface area contributed by atoms with Gasteiger partial charge in [-0.3, -0.25) is 0 Å². The van der Waals surface area contributed by atoms with Crippen LogP contribution in [0, 0.1) is 17.1 Å². The minimum Gasteiger partial charge on any atom is -0.492 e. The van der Waals surface area contributed by atoms with Gasteiger partial charge in [0.25, 0.3) is 0 Å². The van der Waals surface area contributed by atoms with Crippen LogP contribution in [0.1, 0.15) is 6.42 Å². The van der Waals surface area contributed by atoms with Crippen molar-refractivity contribution in [3.8, 4) is 11.8 Å². The maximum atomic E-state index is 12.9. The maximum Gasteiger partial charge on any atom is 0.141 e. The minimum atomic E-state index is -0.366. The van der Waals surface area contributed by atoms with Crippen molar-refractivity contribution >= 4 is 15.9 Å². The lowest BCUT2D eigenvalue weighted by Crippen LogP contribution is -1.95. The molecule has 4 heteroatoms. The summed E-state index contributed by atoms with van der Waals surface area (Å²) in [5.74, 6) is 0.0745. The van der Waals surface area contributed by atoms with Crippen molar-refractivity contribution < 1.29 is 9.13 Å². The second kappa shape index (κ2) is 4.83. The van der Waals surface area contributed by atoms with Crippen molar-refractivity contribution in [3.05, 3.63) is 28.5 Å². The van der Waals surface area contributed by atoms with Gasteiger partial charge in [0.2, 0.25) is 0 Å². The van der Waals surface area contributed by atoms with Gasteiger partial charge in [0.05, 0.1) is 17.0 Å². The van der Waals surface area contributed by atoms with Crippen LogP contribution in [0.25, 0.3) is 0 Å². The normalized spacial score (nSPS) is 9.31. The molecule has 0 heterocycles. The van der Waals surface area contributed by atoms with Gasteiger partial charge in [-0.2, -0.15) is 5.26 Å². The molecule has 0 bridgehead atoms. The molecule has 0 aromatic heterocycles. The van der Waals surface area contributed by atoms with Gasteiger partial charge in [-0.15, -0.1) is 0 Å². The zero-order chi connectivity index (χ0) is 9.68. The third kappa shape index (κ3) is 3.03. The van der Waals surface area contributed by atoms with Crippen LogP contribution in [0.3, 0.4) is 0 Å². The lowest BCUT2D eigenvalue weighted by atomic mass is 10.3. The first kappa shape index (κ1) is 10.0. The van der Waals surface area contributed by atoms with Crippen molar-refractivity contribution in [1.82, 2.24) is 0 Å². The van der Waals surface area contributed by atoms with E-state index in [0.29, 0.717) is 16.6 Å². The molecular weight excluding hydrogens is 237 g/mol. The molecule has 68 valence electrons. The molecule has 1 aromatic rings. The molecule has 0 spiro atoms. The topological polar surface area (TPSA) is 33.0 Å². The summed E-state index contributed by atoms with van der Waals surface area (Å²) >= 11 is 3.03. The summed E-state index contributed by atoms with van der Waals surface area (Å²) in [6, 6.07) is 6.43. The van der Waals surface area contributed by atoms with E-state index in [2.05, 4.69) is 15.9 Å². The molecule has 0 aliphatic heterocycles. The molecule has 0 aliphatic carbocycles. The molecule has 0 fully saturated rings. The predicted octanol–water partition coefficient (Wildman–Crippen LogP) is 2.88. The van der Waals surface area contributed by atoms with E-state index in [0.717, 1.165) is 0 Å². The zero-order valence-electron chi connectivity index (χ0n) is 6.76. The Balaban J connectivity index is 2.59. The number of benzene rings is 1. The first-order valence-electron chi connectivity index (χ1n) is 3.69. The lowest BCUT2D eigenvalue weighted by Gasteiger charge is -2.03. The fourth-order valence-electron chi connectivity index (χ4n) is 0.781. The van der Waals surface area contributed by atoms with Gasteiger partial charge in [-0.1, -0.05) is 0 Å². The molecule has 0 N–H and O–H groups in total. The SMILES string of the molecule is N#CCCOc1ccc(Br)c(F)c1. The van der Waals surface area contributed by atoms with Gasteiger partial charge >= 0.3 is 0 Å². The zero-order valence-corrected chi connectivity index (χ0v) is 8.34. The average molecular weight is 244 g/mol. The molecule has 13 heavy (non-hydrogen) atoms. The van der Waals surface area contributed by atoms with Crippen LogP contribution in [0.2, 0.25) is 0 Å². The van der Waals surface area contributed by atoms with Crippen LogP contribution in [-0.2, 0) is 0 Å². The van der Waals surface area contributed by atoms with Gasteiger partial charge in [-0.25, -0.2) is 4.39 Å². The summed E-state index contributed by atoms with van der Waals surface area (Å²) in [6.45, 7) is 0.289. The van der Waals surface area contributed by atoms with Crippen molar-refractivity contribution in [3.63, 3.8) is 0 Å². The van der Waals surface area contributed by atoms with Gasteiger partial charge in [0.15, 0.2) is 0 Å². The highest BCUT2D eigenvalue weighted by Crippen LogP contribution is 2.20. The van der Waals surface area contributed by atoms with E-state index >= 15 is 0 Å². The Morgan fingerprint density at radius 3 is 2.92 bits per heavy atom. The number of nitrogens with zero attached hydrogens (tertiary/aromatic N) is 1. The number of rotatable bonds is 3. The van der Waals surface area contributed by atoms with Crippen LogP contribution in [-0.4, -0.2) is 6.61 Å². The average Bonchev–Trinajstić information content (AvgIpc) is 2.12. The highest BCUT2D eigenvalue weighted by atomic mass is 79.9.